The molecule has 0 bridgehead atoms. The van der Waals surface area contributed by atoms with E-state index < -0.39 is 0 Å². The van der Waals surface area contributed by atoms with Crippen molar-refractivity contribution in [1.29, 1.82) is 0 Å². The molecule has 1 rings (SSSR count). The molecule has 3 heteroatoms. The van der Waals surface area contributed by atoms with E-state index in [0.717, 1.165) is 13.1 Å². The van der Waals surface area contributed by atoms with E-state index in [4.69, 9.17) is 0 Å². The Bertz CT molecular complexity index is 413. The molecule has 0 aliphatic rings. The molecule has 0 unspecified atom stereocenters. The van der Waals surface area contributed by atoms with Crippen LogP contribution in [-0.2, 0) is 6.54 Å². The molecule has 0 amide bonds. The molecule has 0 aliphatic carbocycles. The Morgan fingerprint density at radius 1 is 1.10 bits per heavy atom. The van der Waals surface area contributed by atoms with Crippen LogP contribution < -0.4 is 10.2 Å². The van der Waals surface area contributed by atoms with Crippen LogP contribution in [0.15, 0.2) is 22.7 Å². The Morgan fingerprint density at radius 2 is 1.75 bits per heavy atom. The first-order valence-electron chi connectivity index (χ1n) is 7.59. The van der Waals surface area contributed by atoms with Gasteiger partial charge in [-0.05, 0) is 37.5 Å². The van der Waals surface area contributed by atoms with E-state index in [2.05, 4.69) is 85.9 Å². The SMILES string of the molecule is CC(C)CN(c1ccc(CNC(C)C)c(Br)c1)C(C)C. The van der Waals surface area contributed by atoms with Crippen molar-refractivity contribution in [2.75, 3.05) is 11.4 Å². The van der Waals surface area contributed by atoms with Crippen LogP contribution in [0.25, 0.3) is 0 Å². The number of halogens is 1. The van der Waals surface area contributed by atoms with Crippen molar-refractivity contribution in [1.82, 2.24) is 5.32 Å². The smallest absolute Gasteiger partial charge is 0.0380 e. The van der Waals surface area contributed by atoms with Crippen LogP contribution in [0.1, 0.15) is 47.1 Å². The zero-order valence-corrected chi connectivity index (χ0v) is 15.3. The lowest BCUT2D eigenvalue weighted by Crippen LogP contribution is -2.34. The van der Waals surface area contributed by atoms with Crippen molar-refractivity contribution in [3.63, 3.8) is 0 Å². The van der Waals surface area contributed by atoms with Gasteiger partial charge in [-0.25, -0.2) is 0 Å². The van der Waals surface area contributed by atoms with Crippen LogP contribution >= 0.6 is 15.9 Å². The van der Waals surface area contributed by atoms with Crippen molar-refractivity contribution < 1.29 is 0 Å². The minimum atomic E-state index is 0.509. The molecular formula is C17H29BrN2. The largest absolute Gasteiger partial charge is 0.369 e. The maximum Gasteiger partial charge on any atom is 0.0380 e. The molecule has 0 spiro atoms. The lowest BCUT2D eigenvalue weighted by molar-refractivity contribution is 0.570. The fourth-order valence-corrected chi connectivity index (χ4v) is 2.69. The minimum absolute atomic E-state index is 0.509. The van der Waals surface area contributed by atoms with E-state index in [9.17, 15) is 0 Å². The van der Waals surface area contributed by atoms with Gasteiger partial charge >= 0.3 is 0 Å². The van der Waals surface area contributed by atoms with Crippen molar-refractivity contribution >= 4 is 21.6 Å². The maximum absolute atomic E-state index is 3.71. The van der Waals surface area contributed by atoms with E-state index in [1.54, 1.807) is 0 Å². The summed E-state index contributed by atoms with van der Waals surface area (Å²) >= 11 is 3.71. The number of hydrogen-bond acceptors (Lipinski definition) is 2. The molecule has 0 atom stereocenters. The summed E-state index contributed by atoms with van der Waals surface area (Å²) in [6.07, 6.45) is 0. The van der Waals surface area contributed by atoms with Gasteiger partial charge in [0, 0.05) is 35.3 Å². The Morgan fingerprint density at radius 3 is 2.20 bits per heavy atom. The molecule has 20 heavy (non-hydrogen) atoms. The van der Waals surface area contributed by atoms with E-state index >= 15 is 0 Å². The molecule has 0 fully saturated rings. The highest BCUT2D eigenvalue weighted by atomic mass is 79.9. The van der Waals surface area contributed by atoms with Gasteiger partial charge in [-0.2, -0.15) is 0 Å². The molecule has 114 valence electrons. The molecule has 0 saturated carbocycles. The van der Waals surface area contributed by atoms with Gasteiger partial charge in [0.2, 0.25) is 0 Å². The zero-order chi connectivity index (χ0) is 15.3. The number of benzene rings is 1. The Kier molecular flexibility index (Phi) is 7.04. The first-order chi connectivity index (χ1) is 9.31. The van der Waals surface area contributed by atoms with Gasteiger partial charge in [-0.1, -0.05) is 49.7 Å². The first kappa shape index (κ1) is 17.5. The summed E-state index contributed by atoms with van der Waals surface area (Å²) in [5.74, 6) is 0.665. The van der Waals surface area contributed by atoms with E-state index in [0.29, 0.717) is 18.0 Å². The van der Waals surface area contributed by atoms with E-state index in [1.807, 2.05) is 0 Å². The quantitative estimate of drug-likeness (QED) is 0.765. The molecule has 0 aliphatic heterocycles. The van der Waals surface area contributed by atoms with Crippen LogP contribution in [0.4, 0.5) is 5.69 Å². The second kappa shape index (κ2) is 8.04. The summed E-state index contributed by atoms with van der Waals surface area (Å²) in [6.45, 7) is 15.4. The number of hydrogen-bond donors (Lipinski definition) is 1. The Labute approximate surface area is 133 Å². The summed E-state index contributed by atoms with van der Waals surface area (Å²) in [5.41, 5.74) is 2.62. The first-order valence-corrected chi connectivity index (χ1v) is 8.39. The predicted octanol–water partition coefficient (Wildman–Crippen LogP) is 4.82. The lowest BCUT2D eigenvalue weighted by atomic mass is 10.1. The molecule has 0 aromatic heterocycles. The van der Waals surface area contributed by atoms with Gasteiger partial charge in [0.05, 0.1) is 0 Å². The molecule has 0 radical (unpaired) electrons. The summed E-state index contributed by atoms with van der Waals surface area (Å²) in [4.78, 5) is 2.47. The predicted molar refractivity (Wildman–Crippen MR) is 93.4 cm³/mol. The molecule has 0 heterocycles. The summed E-state index contributed by atoms with van der Waals surface area (Å²) < 4.78 is 1.19. The second-order valence-corrected chi connectivity index (χ2v) is 7.31. The van der Waals surface area contributed by atoms with Crippen LogP contribution in [-0.4, -0.2) is 18.6 Å². The van der Waals surface area contributed by atoms with Crippen LogP contribution in [0.5, 0.6) is 0 Å². The number of nitrogens with zero attached hydrogens (tertiary/aromatic N) is 1. The number of nitrogens with one attached hydrogen (secondary N) is 1. The van der Waals surface area contributed by atoms with Gasteiger partial charge in [-0.3, -0.25) is 0 Å². The highest BCUT2D eigenvalue weighted by molar-refractivity contribution is 9.10. The van der Waals surface area contributed by atoms with Crippen LogP contribution in [0.2, 0.25) is 0 Å². The van der Waals surface area contributed by atoms with Crippen molar-refractivity contribution in [2.45, 2.75) is 60.2 Å². The Balaban J connectivity index is 2.88. The summed E-state index contributed by atoms with van der Waals surface area (Å²) in [7, 11) is 0. The average molecular weight is 341 g/mol. The third kappa shape index (κ3) is 5.45. The van der Waals surface area contributed by atoms with E-state index in [1.165, 1.54) is 15.7 Å². The maximum atomic E-state index is 3.71. The van der Waals surface area contributed by atoms with Crippen molar-refractivity contribution in [2.24, 2.45) is 5.92 Å². The highest BCUT2D eigenvalue weighted by Crippen LogP contribution is 2.26. The Hall–Kier alpha value is -0.540. The lowest BCUT2D eigenvalue weighted by Gasteiger charge is -2.31. The summed E-state index contributed by atoms with van der Waals surface area (Å²) in [6, 6.07) is 7.74. The molecule has 0 saturated heterocycles. The monoisotopic (exact) mass is 340 g/mol. The fourth-order valence-electron chi connectivity index (χ4n) is 2.18. The van der Waals surface area contributed by atoms with Crippen LogP contribution in [0.3, 0.4) is 0 Å². The molecule has 1 aromatic rings. The van der Waals surface area contributed by atoms with Gasteiger partial charge in [-0.15, -0.1) is 0 Å². The normalized spacial score (nSPS) is 11.7. The molecule has 2 nitrogen and oxygen atoms in total. The minimum Gasteiger partial charge on any atom is -0.369 e. The molecular weight excluding hydrogens is 312 g/mol. The average Bonchev–Trinajstić information content (AvgIpc) is 2.33. The van der Waals surface area contributed by atoms with Crippen molar-refractivity contribution in [3.05, 3.63) is 28.2 Å². The highest BCUT2D eigenvalue weighted by Gasteiger charge is 2.13. The van der Waals surface area contributed by atoms with Gasteiger partial charge in [0.1, 0.15) is 0 Å². The van der Waals surface area contributed by atoms with Crippen molar-refractivity contribution in [3.8, 4) is 0 Å². The summed E-state index contributed by atoms with van der Waals surface area (Å²) in [5, 5.41) is 3.46. The molecule has 1 aromatic carbocycles. The third-order valence-electron chi connectivity index (χ3n) is 3.25. The standard InChI is InChI=1S/C17H29BrN2/c1-12(2)11-20(14(5)6)16-8-7-15(17(18)9-16)10-19-13(3)4/h7-9,12-14,19H,10-11H2,1-6H3. The van der Waals surface area contributed by atoms with Gasteiger partial charge in [0.15, 0.2) is 0 Å². The fraction of sp³-hybridized carbons (Fsp3) is 0.647. The van der Waals surface area contributed by atoms with Gasteiger partial charge in [0.25, 0.3) is 0 Å². The second-order valence-electron chi connectivity index (χ2n) is 6.45. The third-order valence-corrected chi connectivity index (χ3v) is 3.99. The topological polar surface area (TPSA) is 15.3 Å². The van der Waals surface area contributed by atoms with Crippen LogP contribution in [0, 0.1) is 5.92 Å². The molecule has 1 N–H and O–H groups in total. The van der Waals surface area contributed by atoms with E-state index in [-0.39, 0.29) is 0 Å². The number of anilines is 1. The number of rotatable bonds is 7. The van der Waals surface area contributed by atoms with Gasteiger partial charge < -0.3 is 10.2 Å². The zero-order valence-electron chi connectivity index (χ0n) is 13.7.